The maximum Gasteiger partial charge on any atom is 0.241 e. The van der Waals surface area contributed by atoms with Crippen LogP contribution in [0.2, 0.25) is 5.02 Å². The molecule has 1 aliphatic rings. The van der Waals surface area contributed by atoms with Crippen molar-refractivity contribution in [1.29, 1.82) is 0 Å². The lowest BCUT2D eigenvalue weighted by Crippen LogP contribution is -2.43. The van der Waals surface area contributed by atoms with Gasteiger partial charge in [-0.25, -0.2) is 0 Å². The second kappa shape index (κ2) is 8.71. The molecule has 1 saturated heterocycles. The molecule has 6 nitrogen and oxygen atoms in total. The van der Waals surface area contributed by atoms with Crippen molar-refractivity contribution in [2.75, 3.05) is 11.9 Å². The molecule has 2 heterocycles. The molecule has 1 amide bonds. The maximum absolute atomic E-state index is 12.2. The van der Waals surface area contributed by atoms with E-state index in [1.165, 1.54) is 11.8 Å². The molecule has 130 valence electrons. The minimum absolute atomic E-state index is 0. The van der Waals surface area contributed by atoms with Crippen LogP contribution < -0.4 is 10.6 Å². The van der Waals surface area contributed by atoms with Crippen molar-refractivity contribution in [3.05, 3.63) is 29.5 Å². The highest BCUT2D eigenvalue weighted by atomic mass is 35.5. The van der Waals surface area contributed by atoms with Gasteiger partial charge < -0.3 is 15.2 Å². The number of piperidine rings is 1. The molecule has 1 unspecified atom stereocenters. The topological polar surface area (TPSA) is 71.8 Å². The molecule has 0 aliphatic carbocycles. The number of nitrogens with one attached hydrogen (secondary N) is 2. The van der Waals surface area contributed by atoms with Gasteiger partial charge in [0, 0.05) is 17.6 Å². The number of nitrogens with zero attached hydrogens (tertiary/aromatic N) is 3. The number of aryl methyl sites for hydroxylation is 1. The molecule has 2 N–H and O–H groups in total. The smallest absolute Gasteiger partial charge is 0.241 e. The highest BCUT2D eigenvalue weighted by Crippen LogP contribution is 2.33. The summed E-state index contributed by atoms with van der Waals surface area (Å²) in [7, 11) is 1.88. The fourth-order valence-electron chi connectivity index (χ4n) is 2.43. The minimum atomic E-state index is -0.116. The highest BCUT2D eigenvalue weighted by Gasteiger charge is 2.20. The molecular formula is C15H19Cl2N5OS. The van der Waals surface area contributed by atoms with Crippen molar-refractivity contribution in [2.24, 2.45) is 7.05 Å². The molecule has 0 saturated carbocycles. The summed E-state index contributed by atoms with van der Waals surface area (Å²) in [5.41, 5.74) is 0.703. The fraction of sp³-hybridized carbons (Fsp3) is 0.400. The molecule has 0 spiro atoms. The van der Waals surface area contributed by atoms with Crippen LogP contribution in [-0.2, 0) is 11.8 Å². The van der Waals surface area contributed by atoms with Gasteiger partial charge in [0.05, 0.1) is 11.1 Å². The van der Waals surface area contributed by atoms with Gasteiger partial charge in [-0.15, -0.1) is 22.6 Å². The summed E-state index contributed by atoms with van der Waals surface area (Å²) in [6, 6.07) is 5.38. The van der Waals surface area contributed by atoms with Gasteiger partial charge in [0.25, 0.3) is 0 Å². The van der Waals surface area contributed by atoms with Crippen LogP contribution in [0, 0.1) is 0 Å². The number of amides is 1. The number of aromatic nitrogens is 3. The van der Waals surface area contributed by atoms with E-state index in [0.717, 1.165) is 35.9 Å². The van der Waals surface area contributed by atoms with Crippen LogP contribution in [0.4, 0.5) is 5.69 Å². The summed E-state index contributed by atoms with van der Waals surface area (Å²) >= 11 is 7.76. The van der Waals surface area contributed by atoms with Gasteiger partial charge in [-0.05, 0) is 49.3 Å². The molecule has 1 aromatic carbocycles. The Hall–Kier alpha value is -1.28. The normalized spacial score (nSPS) is 17.2. The average molecular weight is 388 g/mol. The van der Waals surface area contributed by atoms with E-state index in [1.807, 2.05) is 23.7 Å². The standard InChI is InChI=1S/C15H18ClN5OS.ClH/c1-21-9-18-20-15(21)23-13-6-5-10(8-11(13)16)19-14(22)12-4-2-3-7-17-12;/h5-6,8-9,12,17H,2-4,7H2,1H3,(H,19,22);1H. The van der Waals surface area contributed by atoms with E-state index in [0.29, 0.717) is 10.7 Å². The predicted octanol–water partition coefficient (Wildman–Crippen LogP) is 3.12. The van der Waals surface area contributed by atoms with E-state index in [1.54, 1.807) is 12.4 Å². The Bertz CT molecular complexity index is 703. The maximum atomic E-state index is 12.2. The zero-order valence-corrected chi connectivity index (χ0v) is 15.5. The first-order valence-corrected chi connectivity index (χ1v) is 8.68. The second-order valence-electron chi connectivity index (χ2n) is 5.46. The van der Waals surface area contributed by atoms with Crippen LogP contribution in [-0.4, -0.2) is 33.3 Å². The lowest BCUT2D eigenvalue weighted by atomic mass is 10.0. The third-order valence-corrected chi connectivity index (χ3v) is 5.25. The molecule has 9 heteroatoms. The highest BCUT2D eigenvalue weighted by molar-refractivity contribution is 7.99. The van der Waals surface area contributed by atoms with Crippen LogP contribution in [0.5, 0.6) is 0 Å². The van der Waals surface area contributed by atoms with Crippen LogP contribution in [0.15, 0.2) is 34.6 Å². The summed E-state index contributed by atoms with van der Waals surface area (Å²) < 4.78 is 1.82. The predicted molar refractivity (Wildman–Crippen MR) is 98.1 cm³/mol. The second-order valence-corrected chi connectivity index (χ2v) is 6.88. The van der Waals surface area contributed by atoms with Crippen LogP contribution in [0.1, 0.15) is 19.3 Å². The number of carbonyl (C=O) groups excluding carboxylic acids is 1. The van der Waals surface area contributed by atoms with Crippen molar-refractivity contribution in [2.45, 2.75) is 35.4 Å². The summed E-state index contributed by atoms with van der Waals surface area (Å²) in [5.74, 6) is -0.00512. The van der Waals surface area contributed by atoms with E-state index >= 15 is 0 Å². The number of carbonyl (C=O) groups is 1. The van der Waals surface area contributed by atoms with Crippen LogP contribution in [0.25, 0.3) is 0 Å². The van der Waals surface area contributed by atoms with Gasteiger partial charge in [-0.3, -0.25) is 4.79 Å². The molecule has 0 radical (unpaired) electrons. The first-order chi connectivity index (χ1) is 11.1. The van der Waals surface area contributed by atoms with Gasteiger partial charge in [0.1, 0.15) is 6.33 Å². The molecule has 1 aromatic heterocycles. The lowest BCUT2D eigenvalue weighted by Gasteiger charge is -2.22. The van der Waals surface area contributed by atoms with Gasteiger partial charge in [0.15, 0.2) is 5.16 Å². The number of hydrogen-bond donors (Lipinski definition) is 2. The van der Waals surface area contributed by atoms with Crippen molar-refractivity contribution < 1.29 is 4.79 Å². The zero-order valence-electron chi connectivity index (χ0n) is 13.2. The fourth-order valence-corrected chi connectivity index (χ4v) is 3.49. The van der Waals surface area contributed by atoms with Gasteiger partial charge in [-0.1, -0.05) is 18.0 Å². The van der Waals surface area contributed by atoms with E-state index in [4.69, 9.17) is 11.6 Å². The number of anilines is 1. The Morgan fingerprint density at radius 3 is 2.92 bits per heavy atom. The summed E-state index contributed by atoms with van der Waals surface area (Å²) in [6.07, 6.45) is 4.73. The number of halogens is 2. The quantitative estimate of drug-likeness (QED) is 0.842. The molecule has 24 heavy (non-hydrogen) atoms. The Morgan fingerprint density at radius 1 is 1.46 bits per heavy atom. The summed E-state index contributed by atoms with van der Waals surface area (Å²) in [5, 5.41) is 15.4. The number of hydrogen-bond acceptors (Lipinski definition) is 5. The molecule has 1 fully saturated rings. The van der Waals surface area contributed by atoms with Crippen molar-refractivity contribution in [1.82, 2.24) is 20.1 Å². The lowest BCUT2D eigenvalue weighted by molar-refractivity contribution is -0.118. The van der Waals surface area contributed by atoms with Crippen molar-refractivity contribution in [3.8, 4) is 0 Å². The van der Waals surface area contributed by atoms with E-state index in [9.17, 15) is 4.79 Å². The average Bonchev–Trinajstić information content (AvgIpc) is 2.96. The van der Waals surface area contributed by atoms with Crippen molar-refractivity contribution in [3.63, 3.8) is 0 Å². The molecule has 1 aliphatic heterocycles. The van der Waals surface area contributed by atoms with Crippen LogP contribution in [0.3, 0.4) is 0 Å². The third-order valence-electron chi connectivity index (χ3n) is 3.70. The Balaban J connectivity index is 0.00000208. The van der Waals surface area contributed by atoms with Crippen LogP contribution >= 0.6 is 35.8 Å². The SMILES string of the molecule is Cl.Cn1cnnc1Sc1ccc(NC(=O)C2CCCCN2)cc1Cl. The Kier molecular flexibility index (Phi) is 6.91. The minimum Gasteiger partial charge on any atom is -0.325 e. The Morgan fingerprint density at radius 2 is 2.29 bits per heavy atom. The van der Waals surface area contributed by atoms with E-state index < -0.39 is 0 Å². The Labute approximate surface area is 156 Å². The molecule has 3 rings (SSSR count). The van der Waals surface area contributed by atoms with Gasteiger partial charge in [-0.2, -0.15) is 0 Å². The van der Waals surface area contributed by atoms with Gasteiger partial charge in [0.2, 0.25) is 5.91 Å². The van der Waals surface area contributed by atoms with Gasteiger partial charge >= 0.3 is 0 Å². The molecular weight excluding hydrogens is 369 g/mol. The third kappa shape index (κ3) is 4.63. The first kappa shape index (κ1) is 19.1. The molecule has 0 bridgehead atoms. The summed E-state index contributed by atoms with van der Waals surface area (Å²) in [6.45, 7) is 0.895. The number of benzene rings is 1. The number of rotatable bonds is 4. The molecule has 1 atom stereocenters. The molecule has 2 aromatic rings. The van der Waals surface area contributed by atoms with E-state index in [2.05, 4.69) is 20.8 Å². The zero-order chi connectivity index (χ0) is 16.2. The monoisotopic (exact) mass is 387 g/mol. The van der Waals surface area contributed by atoms with Crippen molar-refractivity contribution >= 4 is 47.4 Å². The largest absolute Gasteiger partial charge is 0.325 e. The van der Waals surface area contributed by atoms with E-state index in [-0.39, 0.29) is 24.4 Å². The first-order valence-electron chi connectivity index (χ1n) is 7.49. The summed E-state index contributed by atoms with van der Waals surface area (Å²) in [4.78, 5) is 13.1.